The number of hydrogen-bond acceptors (Lipinski definition) is 1. The van der Waals surface area contributed by atoms with E-state index in [0.717, 1.165) is 0 Å². The third-order valence-corrected chi connectivity index (χ3v) is 21.9. The summed E-state index contributed by atoms with van der Waals surface area (Å²) in [4.78, 5) is 11.2. The molecule has 0 aliphatic carbocycles. The van der Waals surface area contributed by atoms with Gasteiger partial charge in [0.2, 0.25) is 0 Å². The van der Waals surface area contributed by atoms with Gasteiger partial charge in [0, 0.05) is 0 Å². The Labute approximate surface area is 156 Å². The fraction of sp³-hybridized carbons (Fsp3) is 0.850. The molecule has 0 saturated carbocycles. The van der Waals surface area contributed by atoms with Gasteiger partial charge in [0.1, 0.15) is 0 Å². The second-order valence-corrected chi connectivity index (χ2v) is 20.6. The Hall–Kier alpha value is -0.00130. The number of allylic oxidation sites excluding steroid dienone is 2. The SMILES string of the molecule is C/C=[C](/CCCC(=O)C(F)(F)F)[Sn]([CH2]CCC)([CH2]CCC)[CH2]CCC. The van der Waals surface area contributed by atoms with Crippen molar-refractivity contribution in [3.8, 4) is 0 Å². The van der Waals surface area contributed by atoms with Crippen molar-refractivity contribution < 1.29 is 18.0 Å². The van der Waals surface area contributed by atoms with E-state index in [1.54, 1.807) is 0 Å². The van der Waals surface area contributed by atoms with Crippen molar-refractivity contribution in [2.45, 2.75) is 105 Å². The molecule has 0 spiro atoms. The van der Waals surface area contributed by atoms with E-state index in [-0.39, 0.29) is 6.42 Å². The van der Waals surface area contributed by atoms with Crippen molar-refractivity contribution in [1.29, 1.82) is 0 Å². The Kier molecular flexibility index (Phi) is 13.2. The van der Waals surface area contributed by atoms with Crippen LogP contribution in [0.2, 0.25) is 13.3 Å². The molecule has 0 aromatic carbocycles. The number of rotatable bonds is 14. The molecule has 0 heterocycles. The molecule has 5 heteroatoms. The molecule has 148 valence electrons. The van der Waals surface area contributed by atoms with Gasteiger partial charge in [0.15, 0.2) is 0 Å². The number of carbonyl (C=O) groups excluding carboxylic acids is 1. The van der Waals surface area contributed by atoms with Crippen molar-refractivity contribution in [3.63, 3.8) is 0 Å². The number of unbranched alkanes of at least 4 members (excludes halogenated alkanes) is 3. The standard InChI is InChI=1S/C8H10F3O.3C4H9.Sn/c1-2-3-4-5-6-7(12)8(9,10)11;3*1-3-4-2;/h2H,4-6H2,1H3;3*1,3-4H2,2H3;. The summed E-state index contributed by atoms with van der Waals surface area (Å²) in [5.74, 6) is -1.57. The molecule has 0 aliphatic rings. The predicted molar refractivity (Wildman–Crippen MR) is 104 cm³/mol. The van der Waals surface area contributed by atoms with Crippen LogP contribution in [0.4, 0.5) is 13.2 Å². The van der Waals surface area contributed by atoms with E-state index in [1.165, 1.54) is 55.4 Å². The maximum absolute atomic E-state index is 12.4. The molecule has 1 nitrogen and oxygen atoms in total. The Morgan fingerprint density at radius 3 is 1.60 bits per heavy atom. The van der Waals surface area contributed by atoms with E-state index < -0.39 is 30.3 Å². The number of alkyl halides is 3. The van der Waals surface area contributed by atoms with Crippen LogP contribution in [-0.2, 0) is 4.79 Å². The molecule has 0 radical (unpaired) electrons. The summed E-state index contributed by atoms with van der Waals surface area (Å²) >= 11 is -2.53. The zero-order valence-corrected chi connectivity index (χ0v) is 19.5. The molecule has 0 aromatic rings. The molecular weight excluding hydrogens is 432 g/mol. The summed E-state index contributed by atoms with van der Waals surface area (Å²) in [5.41, 5.74) is 0. The second-order valence-electron chi connectivity index (χ2n) is 7.18. The topological polar surface area (TPSA) is 17.1 Å². The molecule has 25 heavy (non-hydrogen) atoms. The minimum atomic E-state index is -4.68. The summed E-state index contributed by atoms with van der Waals surface area (Å²) in [6.45, 7) is 8.70. The quantitative estimate of drug-likeness (QED) is 0.239. The van der Waals surface area contributed by atoms with Crippen molar-refractivity contribution in [3.05, 3.63) is 9.67 Å². The average molecular weight is 469 g/mol. The van der Waals surface area contributed by atoms with E-state index in [4.69, 9.17) is 0 Å². The van der Waals surface area contributed by atoms with Crippen LogP contribution >= 0.6 is 0 Å². The summed E-state index contributed by atoms with van der Waals surface area (Å²) in [7, 11) is 0. The van der Waals surface area contributed by atoms with Gasteiger partial charge in [-0.15, -0.1) is 0 Å². The van der Waals surface area contributed by atoms with Gasteiger partial charge in [-0.2, -0.15) is 0 Å². The van der Waals surface area contributed by atoms with Gasteiger partial charge in [-0.3, -0.25) is 0 Å². The average Bonchev–Trinajstić information content (AvgIpc) is 2.57. The van der Waals surface area contributed by atoms with Crippen LogP contribution in [0.1, 0.15) is 85.5 Å². The van der Waals surface area contributed by atoms with Crippen LogP contribution < -0.4 is 0 Å². The molecule has 0 unspecified atom stereocenters. The van der Waals surface area contributed by atoms with Gasteiger partial charge in [-0.05, 0) is 0 Å². The number of halogens is 3. The van der Waals surface area contributed by atoms with E-state index in [0.29, 0.717) is 12.8 Å². The third kappa shape index (κ3) is 9.48. The minimum absolute atomic E-state index is 0.348. The van der Waals surface area contributed by atoms with E-state index in [9.17, 15) is 18.0 Å². The van der Waals surface area contributed by atoms with Crippen LogP contribution in [0.5, 0.6) is 0 Å². The fourth-order valence-corrected chi connectivity index (χ4v) is 21.2. The first-order valence-electron chi connectivity index (χ1n) is 10.0. The summed E-state index contributed by atoms with van der Waals surface area (Å²) < 4.78 is 42.8. The van der Waals surface area contributed by atoms with Gasteiger partial charge in [-0.25, -0.2) is 0 Å². The number of carbonyl (C=O) groups is 1. The normalized spacial score (nSPS) is 13.3. The molecule has 0 aliphatic heterocycles. The number of Topliss-reactive ketones (excluding diaryl/α,β-unsaturated/α-hetero) is 1. The summed E-state index contributed by atoms with van der Waals surface area (Å²) in [5, 5.41) is 0. The number of hydrogen-bond donors (Lipinski definition) is 0. The maximum atomic E-state index is 12.4. The molecule has 0 amide bonds. The third-order valence-electron chi connectivity index (χ3n) is 5.22. The molecule has 0 fully saturated rings. The second kappa shape index (κ2) is 13.2. The summed E-state index contributed by atoms with van der Waals surface area (Å²) in [6, 6.07) is 0. The van der Waals surface area contributed by atoms with Crippen LogP contribution in [-0.4, -0.2) is 30.3 Å². The van der Waals surface area contributed by atoms with Crippen molar-refractivity contribution >= 4 is 24.2 Å². The first kappa shape index (κ1) is 25.0. The van der Waals surface area contributed by atoms with Crippen molar-refractivity contribution in [2.24, 2.45) is 0 Å². The van der Waals surface area contributed by atoms with Crippen LogP contribution in [0.15, 0.2) is 9.67 Å². The molecule has 0 atom stereocenters. The molecule has 0 N–H and O–H groups in total. The van der Waals surface area contributed by atoms with Crippen LogP contribution in [0, 0.1) is 0 Å². The Morgan fingerprint density at radius 1 is 0.840 bits per heavy atom. The zero-order valence-electron chi connectivity index (χ0n) is 16.6. The molecule has 0 rings (SSSR count). The van der Waals surface area contributed by atoms with Crippen LogP contribution in [0.3, 0.4) is 0 Å². The van der Waals surface area contributed by atoms with E-state index in [1.807, 2.05) is 0 Å². The van der Waals surface area contributed by atoms with Crippen molar-refractivity contribution in [2.75, 3.05) is 0 Å². The van der Waals surface area contributed by atoms with Gasteiger partial charge < -0.3 is 0 Å². The predicted octanol–water partition coefficient (Wildman–Crippen LogP) is 7.62. The Bertz CT molecular complexity index is 380. The molecular formula is C20H37F3OSn. The molecule has 0 aromatic heterocycles. The zero-order chi connectivity index (χ0) is 19.3. The first-order chi connectivity index (χ1) is 11.8. The van der Waals surface area contributed by atoms with Gasteiger partial charge in [0.05, 0.1) is 0 Å². The molecule has 0 saturated heterocycles. The monoisotopic (exact) mass is 470 g/mol. The van der Waals surface area contributed by atoms with Crippen molar-refractivity contribution in [1.82, 2.24) is 0 Å². The van der Waals surface area contributed by atoms with Gasteiger partial charge >= 0.3 is 157 Å². The van der Waals surface area contributed by atoms with E-state index >= 15 is 0 Å². The van der Waals surface area contributed by atoms with Crippen LogP contribution in [0.25, 0.3) is 0 Å². The summed E-state index contributed by atoms with van der Waals surface area (Å²) in [6.07, 6.45) is 5.47. The number of ketones is 1. The van der Waals surface area contributed by atoms with E-state index in [2.05, 4.69) is 33.8 Å². The first-order valence-corrected chi connectivity index (χ1v) is 17.5. The fourth-order valence-electron chi connectivity index (χ4n) is 3.70. The molecule has 0 bridgehead atoms. The van der Waals surface area contributed by atoms with Gasteiger partial charge in [-0.1, -0.05) is 0 Å². The van der Waals surface area contributed by atoms with Gasteiger partial charge in [0.25, 0.3) is 0 Å². The Balaban J connectivity index is 5.14. The Morgan fingerprint density at radius 2 is 1.28 bits per heavy atom.